The lowest BCUT2D eigenvalue weighted by Crippen LogP contribution is -2.58. The van der Waals surface area contributed by atoms with Crippen molar-refractivity contribution >= 4 is 91.4 Å². The SMILES string of the molecule is CO[C@@H]1C[C@@H](C[C@H]2CC[C@H](C)C([C@@H](C)C(=O)NCCSSC[C@@H](C)NC(=O)C(CCCNC(=O)CCC3CCCC(CCNC(=O)CCC(=O)N4Cc5ccccc5-c5nnn(C)c5-c5ccccc54)CC3)NC(=O)CC[C@@H](C)NC(=O)c3ccc(NCc4cnc5nc(N)[nH]c(=O)c5n4)cc3)O2)O[C@]2(O[C@@](C)(C3CC[C@@](C)([C@@H]4O[C@@H]([C@@H]5O[C@@](O)(CO)[C@H](C)C[C@@H]5C)C[C@@H]4C)O3)C[C@H]2C)C1C. The molecule has 24 atom stereocenters. The number of aryl methyl sites for hydroxylation is 1. The van der Waals surface area contributed by atoms with Crippen molar-refractivity contribution in [3.8, 4) is 22.5 Å². The highest BCUT2D eigenvalue weighted by atomic mass is 33.1. The Morgan fingerprint density at radius 3 is 2.22 bits per heavy atom. The molecule has 3 aromatic heterocycles. The Balaban J connectivity index is 0.507. The second kappa shape index (κ2) is 46.1. The van der Waals surface area contributed by atoms with Crippen LogP contribution in [0.15, 0.2) is 83.8 Å². The maximum absolute atomic E-state index is 14.3. The predicted molar refractivity (Wildman–Crippen MR) is 522 cm³/mol. The van der Waals surface area contributed by atoms with Crippen LogP contribution >= 0.6 is 21.6 Å². The van der Waals surface area contributed by atoms with Crippen LogP contribution in [0.5, 0.6) is 0 Å². The number of ether oxygens (including phenoxy) is 7. The zero-order valence-corrected chi connectivity index (χ0v) is 83.1. The van der Waals surface area contributed by atoms with Crippen molar-refractivity contribution in [1.82, 2.24) is 66.8 Å². The Morgan fingerprint density at radius 2 is 1.45 bits per heavy atom. The summed E-state index contributed by atoms with van der Waals surface area (Å²) in [6.45, 7) is 24.2. The summed E-state index contributed by atoms with van der Waals surface area (Å²) >= 11 is 0. The van der Waals surface area contributed by atoms with Crippen LogP contribution in [0.3, 0.4) is 0 Å². The van der Waals surface area contributed by atoms with Gasteiger partial charge in [-0.05, 0) is 170 Å². The highest BCUT2D eigenvalue weighted by Gasteiger charge is 2.65. The molecule has 7 fully saturated rings. The van der Waals surface area contributed by atoms with Crippen LogP contribution in [0, 0.1) is 53.3 Å². The van der Waals surface area contributed by atoms with Gasteiger partial charge in [-0.3, -0.25) is 43.3 Å². The first-order valence-electron chi connectivity index (χ1n) is 49.7. The summed E-state index contributed by atoms with van der Waals surface area (Å²) in [5.41, 5.74) is 10.7. The van der Waals surface area contributed by atoms with E-state index in [0.29, 0.717) is 92.1 Å². The van der Waals surface area contributed by atoms with Crippen molar-refractivity contribution in [2.24, 2.45) is 60.3 Å². The normalized spacial score (nSPS) is 30.3. The summed E-state index contributed by atoms with van der Waals surface area (Å²) in [7, 11) is 6.79. The number of aliphatic hydroxyl groups is 2. The molecule has 6 unspecified atom stereocenters. The topological polar surface area (TPSA) is 440 Å². The largest absolute Gasteiger partial charge is 0.391 e. The van der Waals surface area contributed by atoms with Crippen molar-refractivity contribution in [3.05, 3.63) is 106 Å². The van der Waals surface area contributed by atoms with E-state index in [4.69, 9.17) is 38.9 Å². The number of aromatic amines is 1. The maximum Gasteiger partial charge on any atom is 0.280 e. The third-order valence-corrected chi connectivity index (χ3v) is 32.8. The van der Waals surface area contributed by atoms with E-state index in [0.717, 1.165) is 124 Å². The number of nitrogen functional groups attached to an aromatic ring is 1. The number of H-pyrrole nitrogens is 1. The predicted octanol–water partition coefficient (Wildman–Crippen LogP) is 12.1. The molecule has 8 aliphatic rings. The van der Waals surface area contributed by atoms with Crippen molar-refractivity contribution in [1.29, 1.82) is 0 Å². The average Bonchev–Trinajstić information content (AvgIpc) is 1.56. The number of rotatable bonds is 39. The molecule has 14 rings (SSSR count). The number of hydrogen-bond donors (Lipinski definition) is 11. The molecule has 6 saturated heterocycles. The molecule has 3 aromatic carbocycles. The zero-order chi connectivity index (χ0) is 96.9. The van der Waals surface area contributed by atoms with Gasteiger partial charge in [-0.2, -0.15) is 4.98 Å². The quantitative estimate of drug-likeness (QED) is 0.00970. The molecule has 7 aliphatic heterocycles. The first kappa shape index (κ1) is 103. The maximum atomic E-state index is 14.3. The number of aromatic nitrogens is 7. The van der Waals surface area contributed by atoms with E-state index in [-0.39, 0.29) is 187 Å². The number of aliphatic hydroxyl groups excluding tert-OH is 1. The Hall–Kier alpha value is -8.75. The van der Waals surface area contributed by atoms with Gasteiger partial charge in [0.25, 0.3) is 11.5 Å². The number of hydrogen-bond acceptors (Lipinski definition) is 26. The average molecular weight is 1920 g/mol. The lowest BCUT2D eigenvalue weighted by molar-refractivity contribution is -0.353. The van der Waals surface area contributed by atoms with E-state index >= 15 is 0 Å². The number of fused-ring (bicyclic) bond motifs is 6. The minimum atomic E-state index is -1.60. The van der Waals surface area contributed by atoms with Gasteiger partial charge in [0.1, 0.15) is 11.7 Å². The molecule has 1 aliphatic carbocycles. The summed E-state index contributed by atoms with van der Waals surface area (Å²) < 4.78 is 50.2. The van der Waals surface area contributed by atoms with E-state index in [1.54, 1.807) is 62.5 Å². The standard InChI is InChI=1S/C101H146N16O17S2/c1-58-27-36-73(50-74-51-79(128-13)66(9)101(131-74)62(5)52-99(11,134-101)81-41-43-98(10,132-81)91-60(3)49-80(130-91)90-59(2)48-61(4)100(127,57-118)133-90)129-89(58)65(8)93(123)105-46-47-135-136-56-64(7)109-95(125)77(111-84(121)37-28-63(6)108-94(124)69-32-34-71(35-33-69)106-53-72-54-107-92-87(110-72)96(126)113-97(102)112-92)25-19-44-103-82(119)38-31-67-20-18-21-68(30-29-67)42-45-104-83(120)39-40-85(122)117-55-70-22-14-15-23-75(70)86-88(116(12)115-114-86)76-24-16-17-26-78(76)117/h14-17,22-24,26,32-35,54,58-68,73-74,77,79-81,89-91,106,118,127H,18-21,25,27-31,36-53,55-57H2,1-13H3,(H,103,119)(H,104,120)(H,105,123)(H,108,124)(H,109,125)(H,111,121)(H3,102,107,112,113,126)/t58-,59-,60-,61+,62+,63+,64+,65+,66?,67?,68?,73+,74+,77?,79+,80+,81?,89?,90+,91+,98-,99+,100-,101+/m0/s1. The molecule has 35 heteroatoms. The fourth-order valence-corrected chi connectivity index (χ4v) is 24.7. The number of carbonyl (C=O) groups is 7. The highest BCUT2D eigenvalue weighted by Crippen LogP contribution is 2.58. The molecule has 744 valence electrons. The molecule has 0 radical (unpaired) electrons. The van der Waals surface area contributed by atoms with Gasteiger partial charge in [-0.15, -0.1) is 5.10 Å². The molecule has 6 aromatic rings. The van der Waals surface area contributed by atoms with Gasteiger partial charge in [-0.25, -0.2) is 14.6 Å². The number of carbonyl (C=O) groups excluding carboxylic acids is 7. The van der Waals surface area contributed by atoms with Gasteiger partial charge in [0, 0.05) is 136 Å². The van der Waals surface area contributed by atoms with Gasteiger partial charge in [-0.1, -0.05) is 150 Å². The second-order valence-corrected chi connectivity index (χ2v) is 43.4. The monoisotopic (exact) mass is 1920 g/mol. The van der Waals surface area contributed by atoms with E-state index < -0.39 is 52.9 Å². The molecule has 136 heavy (non-hydrogen) atoms. The Morgan fingerprint density at radius 1 is 0.706 bits per heavy atom. The number of methoxy groups -OCH3 is 1. The van der Waals surface area contributed by atoms with Crippen molar-refractivity contribution < 1.29 is 76.9 Å². The van der Waals surface area contributed by atoms with E-state index in [2.05, 4.69) is 116 Å². The van der Waals surface area contributed by atoms with Gasteiger partial charge in [0.2, 0.25) is 41.4 Å². The zero-order valence-electron chi connectivity index (χ0n) is 81.5. The number of anilines is 3. The highest BCUT2D eigenvalue weighted by molar-refractivity contribution is 8.76. The van der Waals surface area contributed by atoms with Crippen LogP contribution in [-0.2, 0) is 82.1 Å². The third kappa shape index (κ3) is 25.0. The smallest absolute Gasteiger partial charge is 0.280 e. The Bertz CT molecular complexity index is 5170. The summed E-state index contributed by atoms with van der Waals surface area (Å²) in [6, 6.07) is 20.9. The van der Waals surface area contributed by atoms with Crippen LogP contribution in [-0.4, -0.2) is 221 Å². The third-order valence-electron chi connectivity index (χ3n) is 30.3. The molecule has 0 bridgehead atoms. The molecule has 12 N–H and O–H groups in total. The van der Waals surface area contributed by atoms with Crippen LogP contribution in [0.1, 0.15) is 245 Å². The first-order valence-corrected chi connectivity index (χ1v) is 52.2. The lowest BCUT2D eigenvalue weighted by Gasteiger charge is -2.50. The summed E-state index contributed by atoms with van der Waals surface area (Å²) in [5.74, 6) is -2.36. The fourth-order valence-electron chi connectivity index (χ4n) is 22.5. The van der Waals surface area contributed by atoms with Crippen LogP contribution < -0.4 is 53.4 Å². The second-order valence-electron chi connectivity index (χ2n) is 40.8. The van der Waals surface area contributed by atoms with E-state index in [1.807, 2.05) is 83.3 Å². The Labute approximate surface area is 807 Å². The molecular weight excluding hydrogens is 1770 g/mol. The number of benzene rings is 3. The number of nitrogens with zero attached hydrogens (tertiary/aromatic N) is 7. The fraction of sp³-hybridized carbons (Fsp3) is 0.673. The first-order chi connectivity index (χ1) is 65.1. The number of nitrogens with two attached hydrogens (primary N) is 1. The van der Waals surface area contributed by atoms with E-state index in [9.17, 15) is 48.6 Å². The number of para-hydroxylation sites is 1. The van der Waals surface area contributed by atoms with Crippen LogP contribution in [0.25, 0.3) is 33.7 Å². The molecule has 7 amide bonds. The lowest BCUT2D eigenvalue weighted by atomic mass is 9.78. The Kier molecular flexibility index (Phi) is 35.0. The minimum Gasteiger partial charge on any atom is -0.391 e. The molecule has 1 spiro atoms. The number of nitrogens with one attached hydrogen (secondary N) is 8. The van der Waals surface area contributed by atoms with Crippen molar-refractivity contribution in [3.63, 3.8) is 0 Å². The van der Waals surface area contributed by atoms with Gasteiger partial charge in [0.15, 0.2) is 22.7 Å². The minimum absolute atomic E-state index is 0.0149. The van der Waals surface area contributed by atoms with Gasteiger partial charge >= 0.3 is 0 Å². The van der Waals surface area contributed by atoms with Crippen LogP contribution in [0.4, 0.5) is 17.3 Å². The van der Waals surface area contributed by atoms with Crippen LogP contribution in [0.2, 0.25) is 0 Å². The molecule has 1 saturated carbocycles. The summed E-state index contributed by atoms with van der Waals surface area (Å²) in [4.78, 5) is 126. The molecular formula is C101H146N16O17S2. The molecule has 10 heterocycles. The van der Waals surface area contributed by atoms with Crippen molar-refractivity contribution in [2.45, 2.75) is 327 Å². The van der Waals surface area contributed by atoms with E-state index in [1.165, 1.54) is 6.20 Å². The summed E-state index contributed by atoms with van der Waals surface area (Å²) in [5, 5.41) is 51.9. The number of amides is 7. The molecule has 33 nitrogen and oxygen atoms in total. The van der Waals surface area contributed by atoms with Gasteiger partial charge < -0.3 is 91.2 Å². The van der Waals surface area contributed by atoms with Crippen molar-refractivity contribution in [2.75, 3.05) is 60.8 Å². The summed E-state index contributed by atoms with van der Waals surface area (Å²) in [6.07, 6.45) is 14.6. The van der Waals surface area contributed by atoms with Gasteiger partial charge in [0.05, 0.1) is 109 Å².